The van der Waals surface area contributed by atoms with E-state index in [9.17, 15) is 32.9 Å². The number of carboxylic acids is 1. The Kier molecular flexibility index (Phi) is 7.79. The van der Waals surface area contributed by atoms with E-state index in [2.05, 4.69) is 19.9 Å². The highest BCUT2D eigenvalue weighted by Gasteiger charge is 2.38. The molecule has 35 heavy (non-hydrogen) atoms. The normalized spacial score (nSPS) is 12.7. The van der Waals surface area contributed by atoms with Gasteiger partial charge in [0.2, 0.25) is 0 Å². The van der Waals surface area contributed by atoms with Crippen molar-refractivity contribution in [2.45, 2.75) is 32.4 Å². The van der Waals surface area contributed by atoms with Gasteiger partial charge in [-0.25, -0.2) is 9.78 Å². The number of aromatic nitrogens is 4. The lowest BCUT2D eigenvalue weighted by atomic mass is 9.90. The number of nitrogens with zero attached hydrogens (tertiary/aromatic N) is 2. The number of benzene rings is 1. The number of halogens is 3. The predicted octanol–water partition coefficient (Wildman–Crippen LogP) is 1.28. The smallest absolute Gasteiger partial charge is 0.475 e. The van der Waals surface area contributed by atoms with Gasteiger partial charge in [0.25, 0.3) is 16.8 Å². The van der Waals surface area contributed by atoms with Crippen LogP contribution in [-0.2, 0) is 10.2 Å². The quantitative estimate of drug-likeness (QED) is 0.313. The second kappa shape index (κ2) is 10.2. The molecule has 0 aliphatic carbocycles. The minimum Gasteiger partial charge on any atom is -0.475 e. The van der Waals surface area contributed by atoms with E-state index >= 15 is 0 Å². The fourth-order valence-corrected chi connectivity index (χ4v) is 2.74. The first kappa shape index (κ1) is 26.8. The molecule has 2 heterocycles. The minimum atomic E-state index is -5.08. The summed E-state index contributed by atoms with van der Waals surface area (Å²) in [7, 11) is 0. The number of carbonyl (C=O) groups is 1. The number of non-ortho nitro benzene ring substituents is 1. The molecule has 0 bridgehead atoms. The summed E-state index contributed by atoms with van der Waals surface area (Å²) >= 11 is 0. The van der Waals surface area contributed by atoms with Gasteiger partial charge in [0.05, 0.1) is 16.9 Å². The van der Waals surface area contributed by atoms with Crippen molar-refractivity contribution < 1.29 is 28.0 Å². The van der Waals surface area contributed by atoms with Gasteiger partial charge in [-0.05, 0) is 17.7 Å². The fraction of sp³-hybridized carbons (Fsp3) is 0.238. The van der Waals surface area contributed by atoms with Gasteiger partial charge < -0.3 is 20.1 Å². The summed E-state index contributed by atoms with van der Waals surface area (Å²) in [6.45, 7) is 6.01. The van der Waals surface area contributed by atoms with Crippen LogP contribution < -0.4 is 21.8 Å². The third-order valence-corrected chi connectivity index (χ3v) is 4.32. The standard InChI is InChI=1S/C19H19N5O4.C2HF3O2/c1-19(2,3)16-13(20-10-21-16)9-15-18(26)22-14(17(25)23-15)8-11-5-4-6-12(7-11)24(27)28;3-2(4,5)1(6)7/h4-10H,1-3H3,(H,20,21)(H,22,26)(H,23,25);(H,6,7)/b14-8-,15-9-;. The van der Waals surface area contributed by atoms with E-state index < -0.39 is 28.2 Å². The van der Waals surface area contributed by atoms with Crippen molar-refractivity contribution in [3.05, 3.63) is 89.1 Å². The zero-order valence-corrected chi connectivity index (χ0v) is 18.6. The Morgan fingerprint density at radius 1 is 1.09 bits per heavy atom. The molecule has 0 saturated carbocycles. The zero-order chi connectivity index (χ0) is 26.6. The maximum Gasteiger partial charge on any atom is 0.490 e. The molecule has 3 rings (SSSR count). The van der Waals surface area contributed by atoms with E-state index in [0.29, 0.717) is 11.3 Å². The van der Waals surface area contributed by atoms with Crippen LogP contribution >= 0.6 is 0 Å². The van der Waals surface area contributed by atoms with Crippen molar-refractivity contribution in [2.24, 2.45) is 0 Å². The van der Waals surface area contributed by atoms with Crippen LogP contribution in [0.25, 0.3) is 12.2 Å². The first-order valence-electron chi connectivity index (χ1n) is 9.74. The number of aromatic amines is 3. The number of nitro benzene ring substituents is 1. The molecule has 0 radical (unpaired) electrons. The monoisotopic (exact) mass is 495 g/mol. The van der Waals surface area contributed by atoms with Crippen LogP contribution in [0.2, 0.25) is 0 Å². The summed E-state index contributed by atoms with van der Waals surface area (Å²) in [5.74, 6) is -2.76. The largest absolute Gasteiger partial charge is 0.490 e. The second-order valence-corrected chi connectivity index (χ2v) is 8.09. The van der Waals surface area contributed by atoms with E-state index in [-0.39, 0.29) is 21.8 Å². The lowest BCUT2D eigenvalue weighted by Gasteiger charge is -2.16. The second-order valence-electron chi connectivity index (χ2n) is 8.09. The molecule has 11 nitrogen and oxygen atoms in total. The first-order valence-corrected chi connectivity index (χ1v) is 9.74. The molecule has 3 aromatic rings. The molecule has 0 aliphatic heterocycles. The summed E-state index contributed by atoms with van der Waals surface area (Å²) in [6, 6.07) is 5.77. The van der Waals surface area contributed by atoms with Crippen LogP contribution in [0.15, 0.2) is 40.2 Å². The molecule has 0 fully saturated rings. The molecule has 2 aromatic heterocycles. The number of hydrogen-bond acceptors (Lipinski definition) is 6. The maximum absolute atomic E-state index is 12.4. The number of H-pyrrole nitrogens is 3. The van der Waals surface area contributed by atoms with E-state index in [1.807, 2.05) is 20.8 Å². The van der Waals surface area contributed by atoms with Gasteiger partial charge in [-0.1, -0.05) is 32.9 Å². The van der Waals surface area contributed by atoms with Crippen LogP contribution in [0.5, 0.6) is 0 Å². The van der Waals surface area contributed by atoms with Gasteiger partial charge in [-0.3, -0.25) is 19.7 Å². The molecule has 14 heteroatoms. The van der Waals surface area contributed by atoms with Crippen LogP contribution in [0.1, 0.15) is 37.7 Å². The number of imidazole rings is 1. The molecule has 0 unspecified atom stereocenters. The van der Waals surface area contributed by atoms with E-state index in [1.54, 1.807) is 6.07 Å². The van der Waals surface area contributed by atoms with Gasteiger partial charge in [0, 0.05) is 23.2 Å². The van der Waals surface area contributed by atoms with Gasteiger partial charge >= 0.3 is 12.1 Å². The first-order chi connectivity index (χ1) is 16.1. The molecule has 0 atom stereocenters. The van der Waals surface area contributed by atoms with Gasteiger partial charge in [-0.2, -0.15) is 13.2 Å². The average molecular weight is 495 g/mol. The Hall–Kier alpha value is -4.49. The molecule has 186 valence electrons. The Balaban J connectivity index is 0.000000540. The van der Waals surface area contributed by atoms with Crippen molar-refractivity contribution in [1.29, 1.82) is 0 Å². The van der Waals surface area contributed by atoms with Crippen LogP contribution in [-0.4, -0.2) is 42.1 Å². The predicted molar refractivity (Wildman–Crippen MR) is 118 cm³/mol. The van der Waals surface area contributed by atoms with Gasteiger partial charge in [-0.15, -0.1) is 0 Å². The van der Waals surface area contributed by atoms with E-state index in [4.69, 9.17) is 9.90 Å². The van der Waals surface area contributed by atoms with Crippen LogP contribution in [0, 0.1) is 10.1 Å². The number of nitrogens with one attached hydrogen (secondary N) is 3. The maximum atomic E-state index is 12.4. The van der Waals surface area contributed by atoms with Crippen molar-refractivity contribution in [2.75, 3.05) is 0 Å². The molecule has 1 aromatic carbocycles. The molecule has 0 spiro atoms. The van der Waals surface area contributed by atoms with Gasteiger partial charge in [0.15, 0.2) is 0 Å². The highest BCUT2D eigenvalue weighted by atomic mass is 19.4. The molecule has 0 saturated heterocycles. The number of aliphatic carboxylic acids is 1. The Morgan fingerprint density at radius 2 is 1.63 bits per heavy atom. The van der Waals surface area contributed by atoms with Crippen molar-refractivity contribution in [1.82, 2.24) is 19.9 Å². The average Bonchev–Trinajstić information content (AvgIpc) is 3.20. The van der Waals surface area contributed by atoms with Crippen molar-refractivity contribution in [3.63, 3.8) is 0 Å². The topological polar surface area (TPSA) is 175 Å². The lowest BCUT2D eigenvalue weighted by Crippen LogP contribution is -2.46. The highest BCUT2D eigenvalue weighted by molar-refractivity contribution is 5.73. The molecule has 0 amide bonds. The number of carboxylic acid groups (broad SMARTS) is 1. The summed E-state index contributed by atoms with van der Waals surface area (Å²) in [4.78, 5) is 56.4. The summed E-state index contributed by atoms with van der Waals surface area (Å²) in [5.41, 5.74) is 0.471. The summed E-state index contributed by atoms with van der Waals surface area (Å²) < 4.78 is 31.7. The SMILES string of the molecule is CC(C)(C)c1[nH]cnc1/C=c1\[nH]c(=O)/c(=C/c2cccc([N+](=O)[O-])c2)[nH]c1=O.O=C(O)C(F)(F)F. The molecular formula is C21H20F3N5O6. The fourth-order valence-electron chi connectivity index (χ4n) is 2.74. The van der Waals surface area contributed by atoms with Crippen molar-refractivity contribution in [3.8, 4) is 0 Å². The number of alkyl halides is 3. The Bertz CT molecular complexity index is 1480. The van der Waals surface area contributed by atoms with Crippen molar-refractivity contribution >= 4 is 23.8 Å². The highest BCUT2D eigenvalue weighted by Crippen LogP contribution is 2.22. The third-order valence-electron chi connectivity index (χ3n) is 4.32. The minimum absolute atomic E-state index is 0.000667. The molecular weight excluding hydrogens is 475 g/mol. The number of nitro groups is 1. The Labute approximate surface area is 193 Å². The van der Waals surface area contributed by atoms with Gasteiger partial charge in [0.1, 0.15) is 10.7 Å². The Morgan fingerprint density at radius 3 is 2.11 bits per heavy atom. The third kappa shape index (κ3) is 7.25. The molecule has 0 aliphatic rings. The van der Waals surface area contributed by atoms with Crippen LogP contribution in [0.3, 0.4) is 0 Å². The van der Waals surface area contributed by atoms with E-state index in [0.717, 1.165) is 5.69 Å². The molecule has 4 N–H and O–H groups in total. The van der Waals surface area contributed by atoms with Crippen LogP contribution in [0.4, 0.5) is 18.9 Å². The summed E-state index contributed by atoms with van der Waals surface area (Å²) in [5, 5.41) is 18.1. The van der Waals surface area contributed by atoms with E-state index in [1.165, 1.54) is 36.7 Å². The number of rotatable bonds is 3. The summed E-state index contributed by atoms with van der Waals surface area (Å²) in [6.07, 6.45) is -0.663. The zero-order valence-electron chi connectivity index (χ0n) is 18.6. The lowest BCUT2D eigenvalue weighted by molar-refractivity contribution is -0.384. The number of hydrogen-bond donors (Lipinski definition) is 4.